The molecule has 0 spiro atoms. The SMILES string of the molecule is Cc1ncsc1C(C)NCC1CCCCC1C. The normalized spacial score (nSPS) is 27.0. The standard InChI is InChI=1S/C14H24N2S/c1-10-6-4-5-7-13(10)8-15-11(2)14-12(3)16-9-17-14/h9-11,13,15H,4-8H2,1-3H3. The molecule has 1 N–H and O–H groups in total. The Balaban J connectivity index is 1.83. The van der Waals surface area contributed by atoms with Gasteiger partial charge in [0.2, 0.25) is 0 Å². The molecular weight excluding hydrogens is 228 g/mol. The Bertz CT molecular complexity index is 348. The van der Waals surface area contributed by atoms with E-state index in [-0.39, 0.29) is 0 Å². The Morgan fingerprint density at radius 2 is 2.24 bits per heavy atom. The van der Waals surface area contributed by atoms with Crippen molar-refractivity contribution in [2.24, 2.45) is 11.8 Å². The molecule has 1 aromatic rings. The van der Waals surface area contributed by atoms with E-state index in [1.165, 1.54) is 42.8 Å². The fourth-order valence-electron chi connectivity index (χ4n) is 2.84. The van der Waals surface area contributed by atoms with Gasteiger partial charge < -0.3 is 5.32 Å². The van der Waals surface area contributed by atoms with E-state index in [0.29, 0.717) is 6.04 Å². The molecule has 0 aliphatic heterocycles. The third kappa shape index (κ3) is 3.29. The van der Waals surface area contributed by atoms with Crippen LogP contribution < -0.4 is 5.32 Å². The molecule has 0 bridgehead atoms. The highest BCUT2D eigenvalue weighted by Crippen LogP contribution is 2.30. The van der Waals surface area contributed by atoms with Crippen LogP contribution in [0.25, 0.3) is 0 Å². The number of nitrogens with one attached hydrogen (secondary N) is 1. The first-order chi connectivity index (χ1) is 8.18. The van der Waals surface area contributed by atoms with Crippen LogP contribution >= 0.6 is 11.3 Å². The zero-order valence-electron chi connectivity index (χ0n) is 11.2. The summed E-state index contributed by atoms with van der Waals surface area (Å²) in [6.07, 6.45) is 5.68. The minimum absolute atomic E-state index is 0.455. The van der Waals surface area contributed by atoms with Crippen LogP contribution in [0.5, 0.6) is 0 Å². The maximum Gasteiger partial charge on any atom is 0.0798 e. The largest absolute Gasteiger partial charge is 0.309 e. The van der Waals surface area contributed by atoms with Gasteiger partial charge in [0.25, 0.3) is 0 Å². The van der Waals surface area contributed by atoms with E-state index in [1.54, 1.807) is 11.3 Å². The second kappa shape index (κ2) is 5.96. The number of nitrogens with zero attached hydrogens (tertiary/aromatic N) is 1. The van der Waals surface area contributed by atoms with Crippen molar-refractivity contribution in [2.75, 3.05) is 6.54 Å². The second-order valence-electron chi connectivity index (χ2n) is 5.45. The molecule has 17 heavy (non-hydrogen) atoms. The first-order valence-electron chi connectivity index (χ1n) is 6.82. The zero-order chi connectivity index (χ0) is 12.3. The van der Waals surface area contributed by atoms with E-state index in [0.717, 1.165) is 11.8 Å². The maximum absolute atomic E-state index is 4.33. The Hall–Kier alpha value is -0.410. The van der Waals surface area contributed by atoms with Crippen molar-refractivity contribution in [3.8, 4) is 0 Å². The molecule has 1 fully saturated rings. The van der Waals surface area contributed by atoms with Crippen molar-refractivity contribution < 1.29 is 0 Å². The molecule has 0 amide bonds. The Labute approximate surface area is 109 Å². The summed E-state index contributed by atoms with van der Waals surface area (Å²) in [6, 6.07) is 0.455. The summed E-state index contributed by atoms with van der Waals surface area (Å²) in [7, 11) is 0. The average Bonchev–Trinajstić information content (AvgIpc) is 2.74. The van der Waals surface area contributed by atoms with Crippen molar-refractivity contribution in [3.05, 3.63) is 16.1 Å². The summed E-state index contributed by atoms with van der Waals surface area (Å²) in [6.45, 7) is 7.94. The van der Waals surface area contributed by atoms with Crippen LogP contribution in [-0.4, -0.2) is 11.5 Å². The highest BCUT2D eigenvalue weighted by Gasteiger charge is 2.22. The van der Waals surface area contributed by atoms with Gasteiger partial charge in [0.05, 0.1) is 11.2 Å². The van der Waals surface area contributed by atoms with Crippen molar-refractivity contribution in [1.82, 2.24) is 10.3 Å². The molecule has 2 rings (SSSR count). The van der Waals surface area contributed by atoms with Gasteiger partial charge in [-0.25, -0.2) is 4.98 Å². The first kappa shape index (κ1) is 13.0. The van der Waals surface area contributed by atoms with E-state index >= 15 is 0 Å². The second-order valence-corrected chi connectivity index (χ2v) is 6.34. The Morgan fingerprint density at radius 1 is 1.47 bits per heavy atom. The molecule has 3 unspecified atom stereocenters. The molecule has 2 nitrogen and oxygen atoms in total. The molecule has 3 heteroatoms. The number of thiazole rings is 1. The van der Waals surface area contributed by atoms with Gasteiger partial charge in [0, 0.05) is 10.9 Å². The maximum atomic E-state index is 4.33. The van der Waals surface area contributed by atoms with Gasteiger partial charge in [0.1, 0.15) is 0 Å². The topological polar surface area (TPSA) is 24.9 Å². The molecule has 0 saturated heterocycles. The lowest BCUT2D eigenvalue weighted by Crippen LogP contribution is -2.31. The minimum Gasteiger partial charge on any atom is -0.309 e. The van der Waals surface area contributed by atoms with Gasteiger partial charge >= 0.3 is 0 Å². The van der Waals surface area contributed by atoms with Gasteiger partial charge in [-0.1, -0.05) is 26.2 Å². The highest BCUT2D eigenvalue weighted by molar-refractivity contribution is 7.09. The number of aromatic nitrogens is 1. The van der Waals surface area contributed by atoms with Crippen LogP contribution in [0.3, 0.4) is 0 Å². The number of aryl methyl sites for hydroxylation is 1. The Morgan fingerprint density at radius 3 is 2.88 bits per heavy atom. The van der Waals surface area contributed by atoms with Crippen LogP contribution in [-0.2, 0) is 0 Å². The lowest BCUT2D eigenvalue weighted by Gasteiger charge is -2.30. The lowest BCUT2D eigenvalue weighted by molar-refractivity contribution is 0.242. The van der Waals surface area contributed by atoms with Crippen LogP contribution in [0.2, 0.25) is 0 Å². The van der Waals surface area contributed by atoms with Gasteiger partial charge in [0.15, 0.2) is 0 Å². The van der Waals surface area contributed by atoms with Crippen molar-refractivity contribution in [2.45, 2.75) is 52.5 Å². The van der Waals surface area contributed by atoms with Crippen LogP contribution in [0.4, 0.5) is 0 Å². The van der Waals surface area contributed by atoms with E-state index in [9.17, 15) is 0 Å². The smallest absolute Gasteiger partial charge is 0.0798 e. The van der Waals surface area contributed by atoms with Crippen molar-refractivity contribution in [1.29, 1.82) is 0 Å². The van der Waals surface area contributed by atoms with Gasteiger partial charge in [-0.05, 0) is 38.6 Å². The zero-order valence-corrected chi connectivity index (χ0v) is 12.0. The van der Waals surface area contributed by atoms with Crippen molar-refractivity contribution in [3.63, 3.8) is 0 Å². The molecule has 0 radical (unpaired) electrons. The summed E-state index contributed by atoms with van der Waals surface area (Å²) in [4.78, 5) is 5.72. The third-order valence-electron chi connectivity index (χ3n) is 4.15. The number of hydrogen-bond acceptors (Lipinski definition) is 3. The summed E-state index contributed by atoms with van der Waals surface area (Å²) in [5.41, 5.74) is 3.14. The monoisotopic (exact) mass is 252 g/mol. The predicted molar refractivity (Wildman–Crippen MR) is 74.4 cm³/mol. The third-order valence-corrected chi connectivity index (χ3v) is 5.26. The van der Waals surface area contributed by atoms with E-state index in [4.69, 9.17) is 0 Å². The summed E-state index contributed by atoms with van der Waals surface area (Å²) < 4.78 is 0. The van der Waals surface area contributed by atoms with Crippen molar-refractivity contribution >= 4 is 11.3 Å². The molecule has 1 aliphatic carbocycles. The first-order valence-corrected chi connectivity index (χ1v) is 7.69. The fraction of sp³-hybridized carbons (Fsp3) is 0.786. The number of rotatable bonds is 4. The molecule has 1 aliphatic rings. The van der Waals surface area contributed by atoms with Crippen LogP contribution in [0.15, 0.2) is 5.51 Å². The van der Waals surface area contributed by atoms with Gasteiger partial charge in [-0.3, -0.25) is 0 Å². The molecular formula is C14H24N2S. The number of hydrogen-bond donors (Lipinski definition) is 1. The molecule has 3 atom stereocenters. The Kier molecular flexibility index (Phi) is 4.57. The fourth-order valence-corrected chi connectivity index (χ4v) is 3.68. The summed E-state index contributed by atoms with van der Waals surface area (Å²) in [5.74, 6) is 1.77. The summed E-state index contributed by atoms with van der Waals surface area (Å²) in [5, 5.41) is 3.70. The molecule has 1 saturated carbocycles. The molecule has 96 valence electrons. The van der Waals surface area contributed by atoms with Crippen LogP contribution in [0, 0.1) is 18.8 Å². The molecule has 0 aromatic carbocycles. The van der Waals surface area contributed by atoms with Gasteiger partial charge in [-0.2, -0.15) is 0 Å². The molecule has 1 heterocycles. The average molecular weight is 252 g/mol. The predicted octanol–water partition coefficient (Wildman–Crippen LogP) is 3.93. The van der Waals surface area contributed by atoms with E-state index < -0.39 is 0 Å². The molecule has 1 aromatic heterocycles. The quantitative estimate of drug-likeness (QED) is 0.878. The van der Waals surface area contributed by atoms with Gasteiger partial charge in [-0.15, -0.1) is 11.3 Å². The minimum atomic E-state index is 0.455. The van der Waals surface area contributed by atoms with E-state index in [2.05, 4.69) is 31.1 Å². The van der Waals surface area contributed by atoms with E-state index in [1.807, 2.05) is 5.51 Å². The highest BCUT2D eigenvalue weighted by atomic mass is 32.1. The lowest BCUT2D eigenvalue weighted by atomic mass is 9.80. The summed E-state index contributed by atoms with van der Waals surface area (Å²) >= 11 is 1.77. The van der Waals surface area contributed by atoms with Crippen LogP contribution in [0.1, 0.15) is 56.1 Å².